The first-order valence-corrected chi connectivity index (χ1v) is 7.16. The molecular formula is C12H8N2O5S2. The Balaban J connectivity index is 2.40. The monoisotopic (exact) mass is 324 g/mol. The van der Waals surface area contributed by atoms with Gasteiger partial charge in [0, 0.05) is 21.9 Å². The molecule has 21 heavy (non-hydrogen) atoms. The number of aromatic carboxylic acids is 1. The third-order valence-electron chi connectivity index (χ3n) is 2.46. The first kappa shape index (κ1) is 15.0. The van der Waals surface area contributed by atoms with E-state index in [0.29, 0.717) is 4.90 Å². The molecule has 0 saturated carbocycles. The summed E-state index contributed by atoms with van der Waals surface area (Å²) in [6.45, 7) is 0. The number of nitrogens with two attached hydrogens (primary N) is 1. The third kappa shape index (κ3) is 3.38. The summed E-state index contributed by atoms with van der Waals surface area (Å²) in [5.41, 5.74) is 5.13. The molecule has 7 nitrogen and oxygen atoms in total. The number of carbonyl (C=O) groups excluding carboxylic acids is 1. The van der Waals surface area contributed by atoms with Gasteiger partial charge in [0.15, 0.2) is 0 Å². The molecule has 0 bridgehead atoms. The van der Waals surface area contributed by atoms with E-state index in [-0.39, 0.29) is 21.0 Å². The minimum atomic E-state index is -1.06. The van der Waals surface area contributed by atoms with Crippen molar-refractivity contribution in [3.05, 3.63) is 50.2 Å². The van der Waals surface area contributed by atoms with Crippen LogP contribution in [0.3, 0.4) is 0 Å². The standard InChI is InChI=1S/C12H8N2O5S2/c13-11(15)6-1-2-8(14(18)19)9(3-6)21-7-4-10(12(16)17)20-5-7/h1-5H,(H2,13,15)(H,16,17). The van der Waals surface area contributed by atoms with Gasteiger partial charge in [-0.15, -0.1) is 11.3 Å². The van der Waals surface area contributed by atoms with Gasteiger partial charge in [-0.05, 0) is 18.2 Å². The van der Waals surface area contributed by atoms with Crippen LogP contribution in [0.5, 0.6) is 0 Å². The number of hydrogen-bond donors (Lipinski definition) is 2. The lowest BCUT2D eigenvalue weighted by Crippen LogP contribution is -2.11. The number of hydrogen-bond acceptors (Lipinski definition) is 6. The SMILES string of the molecule is NC(=O)c1ccc([N+](=O)[O-])c(Sc2csc(C(=O)O)c2)c1. The van der Waals surface area contributed by atoms with Crippen molar-refractivity contribution < 1.29 is 19.6 Å². The first-order valence-electron chi connectivity index (χ1n) is 5.46. The number of nitrogens with zero attached hydrogens (tertiary/aromatic N) is 1. The number of thiophene rings is 1. The molecule has 0 radical (unpaired) electrons. The Hall–Kier alpha value is -2.39. The molecule has 0 spiro atoms. The predicted molar refractivity (Wildman–Crippen MR) is 77.0 cm³/mol. The van der Waals surface area contributed by atoms with Gasteiger partial charge in [-0.1, -0.05) is 11.8 Å². The Labute approximate surface area is 126 Å². The van der Waals surface area contributed by atoms with E-state index in [2.05, 4.69) is 0 Å². The lowest BCUT2D eigenvalue weighted by Gasteiger charge is -2.03. The molecule has 9 heteroatoms. The van der Waals surface area contributed by atoms with E-state index in [9.17, 15) is 19.7 Å². The maximum absolute atomic E-state index is 11.1. The van der Waals surface area contributed by atoms with Gasteiger partial charge in [-0.2, -0.15) is 0 Å². The summed E-state index contributed by atoms with van der Waals surface area (Å²) in [6.07, 6.45) is 0. The Morgan fingerprint density at radius 1 is 1.33 bits per heavy atom. The van der Waals surface area contributed by atoms with Gasteiger partial charge in [-0.3, -0.25) is 14.9 Å². The largest absolute Gasteiger partial charge is 0.477 e. The predicted octanol–water partition coefficient (Wildman–Crippen LogP) is 2.60. The van der Waals surface area contributed by atoms with E-state index in [1.807, 2.05) is 0 Å². The highest BCUT2D eigenvalue weighted by molar-refractivity contribution is 7.99. The molecule has 1 heterocycles. The Morgan fingerprint density at radius 2 is 2.05 bits per heavy atom. The van der Waals surface area contributed by atoms with E-state index in [1.165, 1.54) is 24.3 Å². The fourth-order valence-corrected chi connectivity index (χ4v) is 3.39. The molecule has 0 aliphatic rings. The highest BCUT2D eigenvalue weighted by Crippen LogP contribution is 2.37. The van der Waals surface area contributed by atoms with E-state index < -0.39 is 16.8 Å². The van der Waals surface area contributed by atoms with Crippen LogP contribution in [0.15, 0.2) is 39.4 Å². The summed E-state index contributed by atoms with van der Waals surface area (Å²) in [5, 5.41) is 21.4. The van der Waals surface area contributed by atoms with Crippen LogP contribution >= 0.6 is 23.1 Å². The number of amides is 1. The van der Waals surface area contributed by atoms with Crippen molar-refractivity contribution >= 4 is 40.7 Å². The topological polar surface area (TPSA) is 124 Å². The fourth-order valence-electron chi connectivity index (χ4n) is 1.51. The van der Waals surface area contributed by atoms with Gasteiger partial charge in [0.05, 0.1) is 9.82 Å². The van der Waals surface area contributed by atoms with E-state index in [4.69, 9.17) is 10.8 Å². The number of carboxylic acids is 1. The van der Waals surface area contributed by atoms with Crippen LogP contribution in [0.4, 0.5) is 5.69 Å². The average Bonchev–Trinajstić information content (AvgIpc) is 2.87. The molecule has 0 saturated heterocycles. The van der Waals surface area contributed by atoms with Gasteiger partial charge >= 0.3 is 5.97 Å². The zero-order chi connectivity index (χ0) is 15.6. The summed E-state index contributed by atoms with van der Waals surface area (Å²) in [6, 6.07) is 5.22. The Kier molecular flexibility index (Phi) is 4.24. The molecule has 0 unspecified atom stereocenters. The summed E-state index contributed by atoms with van der Waals surface area (Å²) in [7, 11) is 0. The van der Waals surface area contributed by atoms with Gasteiger partial charge in [0.2, 0.25) is 5.91 Å². The molecule has 0 fully saturated rings. The summed E-state index contributed by atoms with van der Waals surface area (Å²) in [4.78, 5) is 33.3. The molecule has 2 aromatic rings. The maximum Gasteiger partial charge on any atom is 0.345 e. The van der Waals surface area contributed by atoms with Crippen molar-refractivity contribution in [3.8, 4) is 0 Å². The molecule has 1 aromatic heterocycles. The number of carboxylic acid groups (broad SMARTS) is 1. The van der Waals surface area contributed by atoms with Gasteiger partial charge < -0.3 is 10.8 Å². The van der Waals surface area contributed by atoms with Crippen LogP contribution in [0.25, 0.3) is 0 Å². The molecule has 108 valence electrons. The smallest absolute Gasteiger partial charge is 0.345 e. The third-order valence-corrected chi connectivity index (χ3v) is 4.54. The molecule has 2 rings (SSSR count). The van der Waals surface area contributed by atoms with Gasteiger partial charge in [-0.25, -0.2) is 4.79 Å². The molecule has 1 amide bonds. The zero-order valence-corrected chi connectivity index (χ0v) is 11.9. The quantitative estimate of drug-likeness (QED) is 0.643. The number of carbonyl (C=O) groups is 2. The van der Waals surface area contributed by atoms with Crippen LogP contribution in [0.1, 0.15) is 20.0 Å². The van der Waals surface area contributed by atoms with Crippen molar-refractivity contribution in [2.45, 2.75) is 9.79 Å². The number of nitro groups is 1. The highest BCUT2D eigenvalue weighted by Gasteiger charge is 2.18. The lowest BCUT2D eigenvalue weighted by atomic mass is 10.2. The second-order valence-corrected chi connectivity index (χ2v) is 5.88. The molecule has 1 aromatic carbocycles. The van der Waals surface area contributed by atoms with E-state index in [0.717, 1.165) is 23.1 Å². The Bertz CT molecular complexity index is 741. The van der Waals surface area contributed by atoms with Crippen LogP contribution in [0.2, 0.25) is 0 Å². The van der Waals surface area contributed by atoms with Crippen molar-refractivity contribution in [3.63, 3.8) is 0 Å². The first-order chi connectivity index (χ1) is 9.88. The fraction of sp³-hybridized carbons (Fsp3) is 0. The maximum atomic E-state index is 11.1. The molecule has 0 aliphatic heterocycles. The van der Waals surface area contributed by atoms with E-state index >= 15 is 0 Å². The van der Waals surface area contributed by atoms with Crippen molar-refractivity contribution in [1.82, 2.24) is 0 Å². The van der Waals surface area contributed by atoms with Gasteiger partial charge in [0.1, 0.15) is 4.88 Å². The molecule has 0 aliphatic carbocycles. The van der Waals surface area contributed by atoms with Crippen molar-refractivity contribution in [2.75, 3.05) is 0 Å². The number of primary amides is 1. The lowest BCUT2D eigenvalue weighted by molar-refractivity contribution is -0.387. The van der Waals surface area contributed by atoms with Crippen LogP contribution in [-0.2, 0) is 0 Å². The number of rotatable bonds is 5. The van der Waals surface area contributed by atoms with Crippen LogP contribution in [0, 0.1) is 10.1 Å². The van der Waals surface area contributed by atoms with E-state index in [1.54, 1.807) is 5.38 Å². The van der Waals surface area contributed by atoms with Crippen molar-refractivity contribution in [1.29, 1.82) is 0 Å². The zero-order valence-electron chi connectivity index (χ0n) is 10.3. The Morgan fingerprint density at radius 3 is 2.57 bits per heavy atom. The molecule has 0 atom stereocenters. The molecule has 3 N–H and O–H groups in total. The highest BCUT2D eigenvalue weighted by atomic mass is 32.2. The second-order valence-electron chi connectivity index (χ2n) is 3.86. The van der Waals surface area contributed by atoms with Crippen LogP contribution in [-0.4, -0.2) is 21.9 Å². The normalized spacial score (nSPS) is 10.3. The van der Waals surface area contributed by atoms with Gasteiger partial charge in [0.25, 0.3) is 5.69 Å². The second kappa shape index (κ2) is 5.94. The minimum absolute atomic E-state index is 0.131. The summed E-state index contributed by atoms with van der Waals surface area (Å²) in [5.74, 6) is -1.75. The number of nitro benzene ring substituents is 1. The minimum Gasteiger partial charge on any atom is -0.477 e. The van der Waals surface area contributed by atoms with Crippen molar-refractivity contribution in [2.24, 2.45) is 5.73 Å². The summed E-state index contributed by atoms with van der Waals surface area (Å²) < 4.78 is 0. The summed E-state index contributed by atoms with van der Waals surface area (Å²) >= 11 is 2.03. The number of benzene rings is 1. The van der Waals surface area contributed by atoms with Crippen LogP contribution < -0.4 is 5.73 Å². The average molecular weight is 324 g/mol. The molecular weight excluding hydrogens is 316 g/mol.